The molecule has 0 aromatic heterocycles. The van der Waals surface area contributed by atoms with E-state index < -0.39 is 28.5 Å². The number of rotatable bonds is 11. The molecular formula is C28H31ClIN3O4S. The molecule has 0 heterocycles. The SMILES string of the molecule is CC(C)CNC(=O)[C@H](C)N(Cc1ccccc1Cl)C(=O)CN(c1ccc(I)cc1)S(=O)(=O)c1ccccc1. The third-order valence-corrected chi connectivity index (χ3v) is 8.75. The van der Waals surface area contributed by atoms with E-state index in [1.54, 1.807) is 73.7 Å². The van der Waals surface area contributed by atoms with E-state index in [1.807, 2.05) is 13.8 Å². The zero-order chi connectivity index (χ0) is 27.9. The van der Waals surface area contributed by atoms with Gasteiger partial charge in [-0.15, -0.1) is 0 Å². The summed E-state index contributed by atoms with van der Waals surface area (Å²) in [6, 6.07) is 21.0. The standard InChI is InChI=1S/C28H31ClIN3O4S/c1-20(2)17-31-28(35)21(3)32(18-22-9-7-8-12-26(22)29)27(34)19-33(24-15-13-23(30)14-16-24)38(36,37)25-10-5-4-6-11-25/h4-16,20-21H,17-19H2,1-3H3,(H,31,35)/t21-/m0/s1. The minimum Gasteiger partial charge on any atom is -0.354 e. The molecule has 10 heteroatoms. The molecule has 202 valence electrons. The molecule has 0 spiro atoms. The number of hydrogen-bond donors (Lipinski definition) is 1. The molecule has 0 fully saturated rings. The molecule has 3 aromatic rings. The van der Waals surface area contributed by atoms with Gasteiger partial charge in [0.05, 0.1) is 10.6 Å². The first-order valence-electron chi connectivity index (χ1n) is 12.1. The second kappa shape index (κ2) is 13.4. The number of nitrogens with zero attached hydrogens (tertiary/aromatic N) is 2. The van der Waals surface area contributed by atoms with Crippen LogP contribution < -0.4 is 9.62 Å². The van der Waals surface area contributed by atoms with Crippen molar-refractivity contribution in [3.05, 3.63) is 93.0 Å². The van der Waals surface area contributed by atoms with Crippen LogP contribution in [0.4, 0.5) is 5.69 Å². The summed E-state index contributed by atoms with van der Waals surface area (Å²) in [4.78, 5) is 28.3. The van der Waals surface area contributed by atoms with Gasteiger partial charge in [-0.3, -0.25) is 13.9 Å². The number of benzene rings is 3. The van der Waals surface area contributed by atoms with Crippen molar-refractivity contribution in [1.29, 1.82) is 0 Å². The average molecular weight is 668 g/mol. The van der Waals surface area contributed by atoms with Crippen molar-refractivity contribution in [1.82, 2.24) is 10.2 Å². The van der Waals surface area contributed by atoms with E-state index >= 15 is 0 Å². The lowest BCUT2D eigenvalue weighted by Crippen LogP contribution is -2.51. The van der Waals surface area contributed by atoms with Crippen LogP contribution in [0.1, 0.15) is 26.3 Å². The van der Waals surface area contributed by atoms with Gasteiger partial charge in [-0.05, 0) is 83.5 Å². The molecule has 0 aliphatic heterocycles. The minimum absolute atomic E-state index is 0.0423. The maximum Gasteiger partial charge on any atom is 0.264 e. The first-order chi connectivity index (χ1) is 18.0. The van der Waals surface area contributed by atoms with Gasteiger partial charge in [0.1, 0.15) is 12.6 Å². The molecular weight excluding hydrogens is 637 g/mol. The predicted octanol–water partition coefficient (Wildman–Crippen LogP) is 5.33. The minimum atomic E-state index is -4.09. The third-order valence-electron chi connectivity index (χ3n) is 5.88. The lowest BCUT2D eigenvalue weighted by atomic mass is 10.1. The Labute approximate surface area is 243 Å². The fourth-order valence-corrected chi connectivity index (χ4v) is 5.69. The molecule has 0 bridgehead atoms. The Kier molecular flexibility index (Phi) is 10.6. The summed E-state index contributed by atoms with van der Waals surface area (Å²) in [5, 5.41) is 3.32. The van der Waals surface area contributed by atoms with E-state index in [0.717, 1.165) is 7.88 Å². The smallest absolute Gasteiger partial charge is 0.264 e. The summed E-state index contributed by atoms with van der Waals surface area (Å²) >= 11 is 8.52. The fraction of sp³-hybridized carbons (Fsp3) is 0.286. The van der Waals surface area contributed by atoms with E-state index in [4.69, 9.17) is 11.6 Å². The molecule has 3 aromatic carbocycles. The molecule has 7 nitrogen and oxygen atoms in total. The first kappa shape index (κ1) is 29.9. The highest BCUT2D eigenvalue weighted by Gasteiger charge is 2.32. The van der Waals surface area contributed by atoms with Crippen LogP contribution in [0.25, 0.3) is 0 Å². The normalized spacial score (nSPS) is 12.2. The van der Waals surface area contributed by atoms with Crippen LogP contribution in [0.3, 0.4) is 0 Å². The maximum atomic E-state index is 13.9. The van der Waals surface area contributed by atoms with Crippen LogP contribution in [0.5, 0.6) is 0 Å². The van der Waals surface area contributed by atoms with Crippen LogP contribution >= 0.6 is 34.2 Å². The van der Waals surface area contributed by atoms with Crippen molar-refractivity contribution in [2.24, 2.45) is 5.92 Å². The molecule has 0 saturated carbocycles. The van der Waals surface area contributed by atoms with Crippen LogP contribution in [-0.4, -0.2) is 44.3 Å². The summed E-state index contributed by atoms with van der Waals surface area (Å²) in [6.07, 6.45) is 0. The van der Waals surface area contributed by atoms with Gasteiger partial charge in [0, 0.05) is 21.7 Å². The van der Waals surface area contributed by atoms with Gasteiger partial charge >= 0.3 is 0 Å². The molecule has 0 radical (unpaired) electrons. The van der Waals surface area contributed by atoms with Gasteiger partial charge in [0.2, 0.25) is 11.8 Å². The fourth-order valence-electron chi connectivity index (χ4n) is 3.70. The number of anilines is 1. The Morgan fingerprint density at radius 2 is 1.53 bits per heavy atom. The molecule has 0 saturated heterocycles. The van der Waals surface area contributed by atoms with Crippen LogP contribution in [0, 0.1) is 9.49 Å². The van der Waals surface area contributed by atoms with Crippen molar-refractivity contribution in [3.8, 4) is 0 Å². The Morgan fingerprint density at radius 3 is 2.13 bits per heavy atom. The number of sulfonamides is 1. The van der Waals surface area contributed by atoms with Gasteiger partial charge in [-0.2, -0.15) is 0 Å². The molecule has 2 amide bonds. The summed E-state index contributed by atoms with van der Waals surface area (Å²) < 4.78 is 29.4. The molecule has 3 rings (SSSR count). The summed E-state index contributed by atoms with van der Waals surface area (Å²) in [6.45, 7) is 5.58. The number of carbonyl (C=O) groups is 2. The molecule has 0 unspecified atom stereocenters. The summed E-state index contributed by atoms with van der Waals surface area (Å²) in [5.41, 5.74) is 0.995. The Hall–Kier alpha value is -2.63. The molecule has 1 atom stereocenters. The van der Waals surface area contributed by atoms with E-state index in [9.17, 15) is 18.0 Å². The van der Waals surface area contributed by atoms with Gasteiger partial charge < -0.3 is 10.2 Å². The lowest BCUT2D eigenvalue weighted by molar-refractivity contribution is -0.139. The zero-order valence-corrected chi connectivity index (χ0v) is 25.2. The van der Waals surface area contributed by atoms with Crippen molar-refractivity contribution in [3.63, 3.8) is 0 Å². The maximum absolute atomic E-state index is 13.9. The lowest BCUT2D eigenvalue weighted by Gasteiger charge is -2.32. The quantitative estimate of drug-likeness (QED) is 0.280. The van der Waals surface area contributed by atoms with Crippen LogP contribution in [0.2, 0.25) is 5.02 Å². The van der Waals surface area contributed by atoms with Crippen LogP contribution in [0.15, 0.2) is 83.8 Å². The monoisotopic (exact) mass is 667 g/mol. The number of hydrogen-bond acceptors (Lipinski definition) is 4. The topological polar surface area (TPSA) is 86.8 Å². The molecule has 38 heavy (non-hydrogen) atoms. The highest BCUT2D eigenvalue weighted by atomic mass is 127. The van der Waals surface area contributed by atoms with Crippen molar-refractivity contribution < 1.29 is 18.0 Å². The summed E-state index contributed by atoms with van der Waals surface area (Å²) in [5.74, 6) is -0.632. The average Bonchev–Trinajstić information content (AvgIpc) is 2.90. The Balaban J connectivity index is 2.00. The third kappa shape index (κ3) is 7.70. The zero-order valence-electron chi connectivity index (χ0n) is 21.5. The van der Waals surface area contributed by atoms with Gasteiger partial charge in [-0.1, -0.05) is 61.8 Å². The number of nitrogens with one attached hydrogen (secondary N) is 1. The molecule has 1 N–H and O–H groups in total. The van der Waals surface area contributed by atoms with Crippen molar-refractivity contribution in [2.45, 2.75) is 38.3 Å². The second-order valence-corrected chi connectivity index (χ2v) is 12.7. The van der Waals surface area contributed by atoms with E-state index in [1.165, 1.54) is 17.0 Å². The number of carbonyl (C=O) groups excluding carboxylic acids is 2. The Morgan fingerprint density at radius 1 is 0.921 bits per heavy atom. The predicted molar refractivity (Wildman–Crippen MR) is 159 cm³/mol. The van der Waals surface area contributed by atoms with E-state index in [-0.39, 0.29) is 23.3 Å². The Bertz CT molecular complexity index is 1350. The second-order valence-electron chi connectivity index (χ2n) is 9.23. The van der Waals surface area contributed by atoms with Crippen molar-refractivity contribution >= 4 is 61.7 Å². The van der Waals surface area contributed by atoms with Gasteiger partial charge in [0.15, 0.2) is 0 Å². The first-order valence-corrected chi connectivity index (χ1v) is 15.0. The van der Waals surface area contributed by atoms with Crippen molar-refractivity contribution in [2.75, 3.05) is 17.4 Å². The van der Waals surface area contributed by atoms with E-state index in [0.29, 0.717) is 22.8 Å². The van der Waals surface area contributed by atoms with Gasteiger partial charge in [0.25, 0.3) is 10.0 Å². The number of amides is 2. The molecule has 0 aliphatic rings. The van der Waals surface area contributed by atoms with Crippen LogP contribution in [-0.2, 0) is 26.2 Å². The highest BCUT2D eigenvalue weighted by Crippen LogP contribution is 2.26. The number of halogens is 2. The van der Waals surface area contributed by atoms with Gasteiger partial charge in [-0.25, -0.2) is 8.42 Å². The van der Waals surface area contributed by atoms with E-state index in [2.05, 4.69) is 27.9 Å². The summed E-state index contributed by atoms with van der Waals surface area (Å²) in [7, 11) is -4.09. The molecule has 0 aliphatic carbocycles. The largest absolute Gasteiger partial charge is 0.354 e. The highest BCUT2D eigenvalue weighted by molar-refractivity contribution is 14.1.